The summed E-state index contributed by atoms with van der Waals surface area (Å²) in [6.07, 6.45) is 4.41. The Balaban J connectivity index is 1.89. The summed E-state index contributed by atoms with van der Waals surface area (Å²) in [5.74, 6) is 0.126. The van der Waals surface area contributed by atoms with Gasteiger partial charge in [-0.25, -0.2) is 0 Å². The van der Waals surface area contributed by atoms with Gasteiger partial charge in [0.2, 0.25) is 5.91 Å². The first-order valence-corrected chi connectivity index (χ1v) is 5.59. The molecule has 1 saturated heterocycles. The molecule has 2 heterocycles. The van der Waals surface area contributed by atoms with Gasteiger partial charge in [0.1, 0.15) is 0 Å². The largest absolute Gasteiger partial charge is 0.351 e. The van der Waals surface area contributed by atoms with Crippen molar-refractivity contribution in [1.29, 1.82) is 0 Å². The first-order chi connectivity index (χ1) is 7.71. The number of nitrogens with one attached hydrogen (secondary N) is 2. The van der Waals surface area contributed by atoms with Crippen LogP contribution in [0.4, 0.5) is 0 Å². The predicted molar refractivity (Wildman–Crippen MR) is 61.7 cm³/mol. The van der Waals surface area contributed by atoms with Gasteiger partial charge in [0.15, 0.2) is 0 Å². The number of carbonyl (C=O) groups excluding carboxylic acids is 1. The van der Waals surface area contributed by atoms with E-state index in [2.05, 4.69) is 15.6 Å². The molecule has 0 aliphatic carbocycles. The van der Waals surface area contributed by atoms with Crippen LogP contribution >= 0.6 is 0 Å². The molecule has 2 rings (SSSR count). The molecule has 4 heteroatoms. The SMILES string of the molecule is CC1(C(=O)NCc2cccnc2)CCNC1. The quantitative estimate of drug-likeness (QED) is 0.786. The van der Waals surface area contributed by atoms with E-state index in [1.807, 2.05) is 19.1 Å². The summed E-state index contributed by atoms with van der Waals surface area (Å²) in [6, 6.07) is 3.84. The van der Waals surface area contributed by atoms with Crippen molar-refractivity contribution in [3.8, 4) is 0 Å². The van der Waals surface area contributed by atoms with E-state index in [-0.39, 0.29) is 11.3 Å². The maximum Gasteiger partial charge on any atom is 0.227 e. The van der Waals surface area contributed by atoms with Crippen LogP contribution < -0.4 is 10.6 Å². The molecule has 0 spiro atoms. The minimum Gasteiger partial charge on any atom is -0.351 e. The highest BCUT2D eigenvalue weighted by molar-refractivity contribution is 5.82. The fourth-order valence-electron chi connectivity index (χ4n) is 1.91. The zero-order valence-corrected chi connectivity index (χ0v) is 9.49. The smallest absolute Gasteiger partial charge is 0.227 e. The number of hydrogen-bond acceptors (Lipinski definition) is 3. The van der Waals surface area contributed by atoms with Gasteiger partial charge in [-0.3, -0.25) is 9.78 Å². The molecule has 1 atom stereocenters. The van der Waals surface area contributed by atoms with Crippen LogP contribution in [0.3, 0.4) is 0 Å². The van der Waals surface area contributed by atoms with Crippen molar-refractivity contribution in [1.82, 2.24) is 15.6 Å². The van der Waals surface area contributed by atoms with Crippen molar-refractivity contribution in [2.45, 2.75) is 19.9 Å². The van der Waals surface area contributed by atoms with Crippen molar-refractivity contribution in [2.75, 3.05) is 13.1 Å². The molecular formula is C12H17N3O. The number of nitrogens with zero attached hydrogens (tertiary/aromatic N) is 1. The van der Waals surface area contributed by atoms with E-state index in [0.29, 0.717) is 6.54 Å². The molecule has 1 fully saturated rings. The monoisotopic (exact) mass is 219 g/mol. The molecule has 4 nitrogen and oxygen atoms in total. The molecule has 0 radical (unpaired) electrons. The lowest BCUT2D eigenvalue weighted by atomic mass is 9.89. The Morgan fingerprint density at radius 2 is 2.56 bits per heavy atom. The fraction of sp³-hybridized carbons (Fsp3) is 0.500. The van der Waals surface area contributed by atoms with Gasteiger partial charge in [-0.1, -0.05) is 6.07 Å². The Kier molecular flexibility index (Phi) is 3.19. The number of carbonyl (C=O) groups is 1. The van der Waals surface area contributed by atoms with E-state index >= 15 is 0 Å². The third-order valence-corrected chi connectivity index (χ3v) is 3.09. The molecule has 0 aromatic carbocycles. The summed E-state index contributed by atoms with van der Waals surface area (Å²) < 4.78 is 0. The Hall–Kier alpha value is -1.42. The van der Waals surface area contributed by atoms with Crippen LogP contribution in [-0.4, -0.2) is 24.0 Å². The molecule has 16 heavy (non-hydrogen) atoms. The third-order valence-electron chi connectivity index (χ3n) is 3.09. The molecule has 1 aliphatic heterocycles. The van der Waals surface area contributed by atoms with Gasteiger partial charge in [0.05, 0.1) is 5.41 Å². The van der Waals surface area contributed by atoms with Gasteiger partial charge in [0.25, 0.3) is 0 Å². The Bertz CT molecular complexity index is 358. The first-order valence-electron chi connectivity index (χ1n) is 5.59. The topological polar surface area (TPSA) is 54.0 Å². The van der Waals surface area contributed by atoms with Crippen molar-refractivity contribution in [3.05, 3.63) is 30.1 Å². The average molecular weight is 219 g/mol. The van der Waals surface area contributed by atoms with Crippen molar-refractivity contribution in [2.24, 2.45) is 5.41 Å². The Morgan fingerprint density at radius 1 is 1.69 bits per heavy atom. The van der Waals surface area contributed by atoms with Crippen LogP contribution in [0.2, 0.25) is 0 Å². The maximum atomic E-state index is 12.0. The summed E-state index contributed by atoms with van der Waals surface area (Å²) in [5, 5.41) is 6.18. The molecule has 86 valence electrons. The number of pyridine rings is 1. The molecule has 1 aromatic heterocycles. The molecule has 1 unspecified atom stereocenters. The number of aromatic nitrogens is 1. The van der Waals surface area contributed by atoms with Crippen LogP contribution in [0.25, 0.3) is 0 Å². The highest BCUT2D eigenvalue weighted by Crippen LogP contribution is 2.24. The molecule has 1 amide bonds. The maximum absolute atomic E-state index is 12.0. The summed E-state index contributed by atoms with van der Waals surface area (Å²) in [4.78, 5) is 16.0. The van der Waals surface area contributed by atoms with E-state index in [0.717, 1.165) is 25.1 Å². The zero-order chi connectivity index (χ0) is 11.4. The van der Waals surface area contributed by atoms with Crippen LogP contribution in [-0.2, 0) is 11.3 Å². The van der Waals surface area contributed by atoms with Crippen LogP contribution in [0.5, 0.6) is 0 Å². The number of rotatable bonds is 3. The Labute approximate surface area is 95.5 Å². The molecule has 2 N–H and O–H groups in total. The predicted octanol–water partition coefficient (Wildman–Crippen LogP) is 0.697. The van der Waals surface area contributed by atoms with Crippen LogP contribution in [0.1, 0.15) is 18.9 Å². The van der Waals surface area contributed by atoms with E-state index in [1.54, 1.807) is 12.4 Å². The van der Waals surface area contributed by atoms with E-state index < -0.39 is 0 Å². The lowest BCUT2D eigenvalue weighted by Gasteiger charge is -2.21. The fourth-order valence-corrected chi connectivity index (χ4v) is 1.91. The summed E-state index contributed by atoms with van der Waals surface area (Å²) in [7, 11) is 0. The minimum atomic E-state index is -0.248. The highest BCUT2D eigenvalue weighted by Gasteiger charge is 2.35. The molecule has 0 bridgehead atoms. The van der Waals surface area contributed by atoms with Crippen molar-refractivity contribution < 1.29 is 4.79 Å². The Morgan fingerprint density at radius 3 is 3.19 bits per heavy atom. The van der Waals surface area contributed by atoms with Gasteiger partial charge in [-0.15, -0.1) is 0 Å². The van der Waals surface area contributed by atoms with Gasteiger partial charge < -0.3 is 10.6 Å². The van der Waals surface area contributed by atoms with Gasteiger partial charge in [-0.2, -0.15) is 0 Å². The minimum absolute atomic E-state index is 0.126. The van der Waals surface area contributed by atoms with E-state index in [9.17, 15) is 4.79 Å². The van der Waals surface area contributed by atoms with Crippen molar-refractivity contribution in [3.63, 3.8) is 0 Å². The van der Waals surface area contributed by atoms with Gasteiger partial charge >= 0.3 is 0 Å². The number of hydrogen-bond donors (Lipinski definition) is 2. The zero-order valence-electron chi connectivity index (χ0n) is 9.49. The van der Waals surface area contributed by atoms with Gasteiger partial charge in [0, 0.05) is 25.5 Å². The molecule has 0 saturated carbocycles. The van der Waals surface area contributed by atoms with E-state index in [1.165, 1.54) is 0 Å². The first kappa shape index (κ1) is 11.1. The lowest BCUT2D eigenvalue weighted by Crippen LogP contribution is -2.40. The van der Waals surface area contributed by atoms with Gasteiger partial charge in [-0.05, 0) is 31.5 Å². The summed E-state index contributed by atoms with van der Waals surface area (Å²) in [6.45, 7) is 4.26. The van der Waals surface area contributed by atoms with Crippen LogP contribution in [0, 0.1) is 5.41 Å². The molecule has 1 aliphatic rings. The molecular weight excluding hydrogens is 202 g/mol. The second kappa shape index (κ2) is 4.61. The standard InChI is InChI=1S/C12H17N3O/c1-12(4-6-14-9-12)11(16)15-8-10-3-2-5-13-7-10/h2-3,5,7,14H,4,6,8-9H2,1H3,(H,15,16). The summed E-state index contributed by atoms with van der Waals surface area (Å²) in [5.41, 5.74) is 0.785. The van der Waals surface area contributed by atoms with E-state index in [4.69, 9.17) is 0 Å². The number of amides is 1. The molecule has 1 aromatic rings. The average Bonchev–Trinajstić information content (AvgIpc) is 2.76. The summed E-state index contributed by atoms with van der Waals surface area (Å²) >= 11 is 0. The highest BCUT2D eigenvalue weighted by atomic mass is 16.2. The second-order valence-corrected chi connectivity index (χ2v) is 4.53. The van der Waals surface area contributed by atoms with Crippen LogP contribution in [0.15, 0.2) is 24.5 Å². The lowest BCUT2D eigenvalue weighted by molar-refractivity contribution is -0.129. The normalized spacial score (nSPS) is 24.3. The second-order valence-electron chi connectivity index (χ2n) is 4.53. The van der Waals surface area contributed by atoms with Crippen molar-refractivity contribution >= 4 is 5.91 Å². The third kappa shape index (κ3) is 2.39.